The van der Waals surface area contributed by atoms with Crippen LogP contribution in [0.4, 0.5) is 0 Å². The third-order valence-corrected chi connectivity index (χ3v) is 4.62. The fourth-order valence-corrected chi connectivity index (χ4v) is 3.31. The molecule has 0 spiro atoms. The first-order valence-electron chi connectivity index (χ1n) is 8.57. The van der Waals surface area contributed by atoms with Crippen LogP contribution in [-0.2, 0) is 14.3 Å². The molecule has 3 nitrogen and oxygen atoms in total. The first kappa shape index (κ1) is 16.4. The molecule has 0 aromatic carbocycles. The predicted octanol–water partition coefficient (Wildman–Crippen LogP) is 3.71. The van der Waals surface area contributed by atoms with Gasteiger partial charge in [-0.3, -0.25) is 0 Å². The van der Waals surface area contributed by atoms with Gasteiger partial charge in [0, 0.05) is 18.4 Å². The van der Waals surface area contributed by atoms with E-state index in [9.17, 15) is 4.79 Å². The van der Waals surface area contributed by atoms with Crippen molar-refractivity contribution in [1.29, 1.82) is 0 Å². The zero-order chi connectivity index (χ0) is 14.9. The lowest BCUT2D eigenvalue weighted by Gasteiger charge is -2.28. The van der Waals surface area contributed by atoms with Gasteiger partial charge in [0.1, 0.15) is 0 Å². The maximum Gasteiger partial charge on any atom is 0.384 e. The quantitative estimate of drug-likeness (QED) is 0.450. The summed E-state index contributed by atoms with van der Waals surface area (Å²) in [6.07, 6.45) is 11.6. The van der Waals surface area contributed by atoms with Gasteiger partial charge in [0.2, 0.25) is 0 Å². The molecule has 0 aromatic rings. The van der Waals surface area contributed by atoms with E-state index in [1.54, 1.807) is 6.92 Å². The van der Waals surface area contributed by atoms with Crippen molar-refractivity contribution in [2.75, 3.05) is 13.2 Å². The van der Waals surface area contributed by atoms with Gasteiger partial charge in [-0.1, -0.05) is 25.2 Å². The van der Waals surface area contributed by atoms with E-state index in [-0.39, 0.29) is 5.97 Å². The first-order valence-corrected chi connectivity index (χ1v) is 8.57. The van der Waals surface area contributed by atoms with E-state index in [1.165, 1.54) is 44.9 Å². The summed E-state index contributed by atoms with van der Waals surface area (Å²) in [5, 5.41) is 0. The summed E-state index contributed by atoms with van der Waals surface area (Å²) in [6, 6.07) is 0. The van der Waals surface area contributed by atoms with Crippen molar-refractivity contribution in [3.63, 3.8) is 0 Å². The van der Waals surface area contributed by atoms with Crippen molar-refractivity contribution in [2.45, 2.75) is 70.8 Å². The highest BCUT2D eigenvalue weighted by Crippen LogP contribution is 2.30. The molecule has 2 aliphatic carbocycles. The molecular formula is C18H28O3. The second kappa shape index (κ2) is 9.10. The van der Waals surface area contributed by atoms with Crippen LogP contribution in [0.2, 0.25) is 0 Å². The minimum atomic E-state index is -0.389. The van der Waals surface area contributed by atoms with E-state index in [4.69, 9.17) is 9.47 Å². The number of ether oxygens (including phenoxy) is 2. The van der Waals surface area contributed by atoms with Crippen molar-refractivity contribution in [3.8, 4) is 11.8 Å². The lowest BCUT2D eigenvalue weighted by atomic mass is 9.82. The number of rotatable bonds is 4. The minimum Gasteiger partial charge on any atom is -0.456 e. The number of carbonyl (C=O) groups is 1. The third-order valence-electron chi connectivity index (χ3n) is 4.62. The van der Waals surface area contributed by atoms with E-state index < -0.39 is 0 Å². The second-order valence-electron chi connectivity index (χ2n) is 6.30. The molecule has 0 aliphatic heterocycles. The van der Waals surface area contributed by atoms with Gasteiger partial charge in [0.15, 0.2) is 0 Å². The average molecular weight is 292 g/mol. The number of carbonyl (C=O) groups excluding carboxylic acids is 1. The third kappa shape index (κ3) is 6.09. The van der Waals surface area contributed by atoms with Gasteiger partial charge in [0.05, 0.1) is 12.7 Å². The van der Waals surface area contributed by atoms with E-state index in [0.717, 1.165) is 19.4 Å². The molecule has 0 heterocycles. The maximum absolute atomic E-state index is 11.2. The standard InChI is InChI=1S/C18H28O3/c1-2-20-18(19)13-12-15-8-10-16(11-9-15)14-21-17-6-4-3-5-7-17/h15-17H,2-11,14H2,1H3. The zero-order valence-corrected chi connectivity index (χ0v) is 13.2. The van der Waals surface area contributed by atoms with E-state index in [2.05, 4.69) is 11.8 Å². The van der Waals surface area contributed by atoms with Crippen molar-refractivity contribution < 1.29 is 14.3 Å². The summed E-state index contributed by atoms with van der Waals surface area (Å²) >= 11 is 0. The Kier molecular flexibility index (Phi) is 7.09. The van der Waals surface area contributed by atoms with Gasteiger partial charge in [-0.2, -0.15) is 0 Å². The Bertz CT molecular complexity index is 366. The summed E-state index contributed by atoms with van der Waals surface area (Å²) in [6.45, 7) is 3.12. The smallest absolute Gasteiger partial charge is 0.384 e. The summed E-state index contributed by atoms with van der Waals surface area (Å²) in [5.41, 5.74) is 0. The molecule has 0 atom stereocenters. The summed E-state index contributed by atoms with van der Waals surface area (Å²) < 4.78 is 10.9. The van der Waals surface area contributed by atoms with Gasteiger partial charge in [-0.15, -0.1) is 0 Å². The van der Waals surface area contributed by atoms with Crippen LogP contribution >= 0.6 is 0 Å². The summed E-state index contributed by atoms with van der Waals surface area (Å²) in [5.74, 6) is 6.34. The Morgan fingerprint density at radius 3 is 2.43 bits per heavy atom. The SMILES string of the molecule is CCOC(=O)C#CC1CCC(COC2CCCCC2)CC1. The highest BCUT2D eigenvalue weighted by molar-refractivity contribution is 5.88. The predicted molar refractivity (Wildman–Crippen MR) is 82.7 cm³/mol. The van der Waals surface area contributed by atoms with Gasteiger partial charge in [-0.25, -0.2) is 4.79 Å². The molecule has 2 saturated carbocycles. The van der Waals surface area contributed by atoms with E-state index >= 15 is 0 Å². The Balaban J connectivity index is 1.62. The molecule has 0 amide bonds. The van der Waals surface area contributed by atoms with Crippen LogP contribution in [0.15, 0.2) is 0 Å². The molecule has 21 heavy (non-hydrogen) atoms. The topological polar surface area (TPSA) is 35.5 Å². The molecule has 0 saturated heterocycles. The Morgan fingerprint density at radius 2 is 1.76 bits per heavy atom. The number of hydrogen-bond acceptors (Lipinski definition) is 3. The molecule has 3 heteroatoms. The molecular weight excluding hydrogens is 264 g/mol. The fraction of sp³-hybridized carbons (Fsp3) is 0.833. The molecule has 2 fully saturated rings. The molecule has 0 unspecified atom stereocenters. The maximum atomic E-state index is 11.2. The average Bonchev–Trinajstić information content (AvgIpc) is 2.53. The lowest BCUT2D eigenvalue weighted by Crippen LogP contribution is -2.23. The molecule has 0 bridgehead atoms. The Labute approximate surface area is 128 Å². The highest BCUT2D eigenvalue weighted by atomic mass is 16.5. The Hall–Kier alpha value is -1.01. The molecule has 0 N–H and O–H groups in total. The normalized spacial score (nSPS) is 26.7. The molecule has 0 aromatic heterocycles. The molecule has 2 rings (SSSR count). The van der Waals surface area contributed by atoms with Crippen LogP contribution in [0.1, 0.15) is 64.7 Å². The first-order chi connectivity index (χ1) is 10.3. The van der Waals surface area contributed by atoms with E-state index in [0.29, 0.717) is 24.5 Å². The largest absolute Gasteiger partial charge is 0.456 e. The van der Waals surface area contributed by atoms with Crippen LogP contribution in [-0.4, -0.2) is 25.3 Å². The van der Waals surface area contributed by atoms with Gasteiger partial charge >= 0.3 is 5.97 Å². The van der Waals surface area contributed by atoms with Gasteiger partial charge < -0.3 is 9.47 Å². The van der Waals surface area contributed by atoms with Crippen LogP contribution in [0.3, 0.4) is 0 Å². The van der Waals surface area contributed by atoms with Crippen molar-refractivity contribution in [1.82, 2.24) is 0 Å². The summed E-state index contributed by atoms with van der Waals surface area (Å²) in [7, 11) is 0. The molecule has 2 aliphatic rings. The van der Waals surface area contributed by atoms with Crippen LogP contribution < -0.4 is 0 Å². The zero-order valence-electron chi connectivity index (χ0n) is 13.2. The van der Waals surface area contributed by atoms with Crippen LogP contribution in [0.5, 0.6) is 0 Å². The molecule has 0 radical (unpaired) electrons. The monoisotopic (exact) mass is 292 g/mol. The van der Waals surface area contributed by atoms with Crippen LogP contribution in [0, 0.1) is 23.7 Å². The van der Waals surface area contributed by atoms with Crippen LogP contribution in [0.25, 0.3) is 0 Å². The minimum absolute atomic E-state index is 0.361. The molecule has 118 valence electrons. The van der Waals surface area contributed by atoms with E-state index in [1.807, 2.05) is 0 Å². The summed E-state index contributed by atoms with van der Waals surface area (Å²) in [4.78, 5) is 11.2. The van der Waals surface area contributed by atoms with Crippen molar-refractivity contribution in [3.05, 3.63) is 0 Å². The Morgan fingerprint density at radius 1 is 1.05 bits per heavy atom. The number of esters is 1. The highest BCUT2D eigenvalue weighted by Gasteiger charge is 2.22. The van der Waals surface area contributed by atoms with Gasteiger partial charge in [-0.05, 0) is 51.4 Å². The van der Waals surface area contributed by atoms with Gasteiger partial charge in [0.25, 0.3) is 0 Å². The van der Waals surface area contributed by atoms with Crippen molar-refractivity contribution in [2.24, 2.45) is 11.8 Å². The second-order valence-corrected chi connectivity index (χ2v) is 6.30. The fourth-order valence-electron chi connectivity index (χ4n) is 3.31. The number of hydrogen-bond donors (Lipinski definition) is 0. The van der Waals surface area contributed by atoms with Crippen molar-refractivity contribution >= 4 is 5.97 Å². The lowest BCUT2D eigenvalue weighted by molar-refractivity contribution is -0.136.